The van der Waals surface area contributed by atoms with Crippen LogP contribution >= 0.6 is 0 Å². The van der Waals surface area contributed by atoms with Crippen LogP contribution < -0.4 is 0 Å². The van der Waals surface area contributed by atoms with Crippen LogP contribution in [-0.4, -0.2) is 37.1 Å². The molecule has 1 amide bonds. The lowest BCUT2D eigenvalue weighted by molar-refractivity contribution is 0.1000. The van der Waals surface area contributed by atoms with Crippen LogP contribution in [-0.2, 0) is 11.3 Å². The number of benzene rings is 1. The van der Waals surface area contributed by atoms with Gasteiger partial charge in [-0.15, -0.1) is 4.91 Å². The molecule has 1 aliphatic heterocycles. The van der Waals surface area contributed by atoms with Crippen LogP contribution in [0.2, 0.25) is 0 Å². The van der Waals surface area contributed by atoms with Gasteiger partial charge >= 0.3 is 5.91 Å². The minimum absolute atomic E-state index is 0.401. The van der Waals surface area contributed by atoms with Crippen molar-refractivity contribution in [2.24, 2.45) is 5.18 Å². The summed E-state index contributed by atoms with van der Waals surface area (Å²) in [6, 6.07) is 5.62. The average molecular weight is 262 g/mol. The molecule has 0 unspecified atom stereocenters. The van der Waals surface area contributed by atoms with Gasteiger partial charge in [0, 0.05) is 37.0 Å². The van der Waals surface area contributed by atoms with Crippen LogP contribution in [0.3, 0.4) is 0 Å². The molecule has 2 rings (SSSR count). The van der Waals surface area contributed by atoms with Gasteiger partial charge in [0.25, 0.3) is 0 Å². The first kappa shape index (κ1) is 13.8. The van der Waals surface area contributed by atoms with Gasteiger partial charge in [0.15, 0.2) is 0 Å². The molecule has 1 aliphatic rings. The predicted molar refractivity (Wildman–Crippen MR) is 72.0 cm³/mol. The van der Waals surface area contributed by atoms with Crippen molar-refractivity contribution in [2.45, 2.75) is 19.9 Å². The molecule has 1 aromatic carbocycles. The highest BCUT2D eigenvalue weighted by Crippen LogP contribution is 2.15. The Morgan fingerprint density at radius 1 is 1.37 bits per heavy atom. The number of carbonyl (C=O) groups excluding carboxylic acids is 1. The van der Waals surface area contributed by atoms with E-state index in [1.165, 1.54) is 0 Å². The van der Waals surface area contributed by atoms with Gasteiger partial charge in [-0.1, -0.05) is 12.1 Å². The van der Waals surface area contributed by atoms with E-state index in [-0.39, 0.29) is 0 Å². The Balaban J connectivity index is 2.11. The van der Waals surface area contributed by atoms with E-state index in [0.29, 0.717) is 5.56 Å². The molecule has 19 heavy (non-hydrogen) atoms. The van der Waals surface area contributed by atoms with Crippen molar-refractivity contribution < 1.29 is 9.53 Å². The van der Waals surface area contributed by atoms with E-state index >= 15 is 0 Å². The number of nitroso groups, excluding NO2 is 1. The molecule has 102 valence electrons. The van der Waals surface area contributed by atoms with E-state index in [4.69, 9.17) is 4.74 Å². The molecule has 0 spiro atoms. The minimum atomic E-state index is -0.696. The molecular formula is C14H18N2O3. The molecule has 0 atom stereocenters. The standard InChI is InChI=1S/C14H18N2O3/c1-11-3-4-12(9-13(11)14(17)15-18)10-16-5-2-7-19-8-6-16/h3-4,9H,2,5-8,10H2,1H3. The second kappa shape index (κ2) is 6.54. The van der Waals surface area contributed by atoms with Crippen LogP contribution in [0.4, 0.5) is 0 Å². The molecule has 0 aliphatic carbocycles. The molecule has 0 N–H and O–H groups in total. The summed E-state index contributed by atoms with van der Waals surface area (Å²) in [6.07, 6.45) is 1.02. The maximum Gasteiger partial charge on any atom is 0.317 e. The van der Waals surface area contributed by atoms with Crippen LogP contribution in [0.25, 0.3) is 0 Å². The number of hydrogen-bond acceptors (Lipinski definition) is 4. The Morgan fingerprint density at radius 2 is 2.21 bits per heavy atom. The molecule has 0 bridgehead atoms. The first-order chi connectivity index (χ1) is 9.20. The number of rotatable bonds is 3. The van der Waals surface area contributed by atoms with Gasteiger partial charge in [-0.2, -0.15) is 0 Å². The van der Waals surface area contributed by atoms with E-state index in [2.05, 4.69) is 10.1 Å². The van der Waals surface area contributed by atoms with Crippen molar-refractivity contribution in [3.63, 3.8) is 0 Å². The first-order valence-electron chi connectivity index (χ1n) is 6.48. The van der Waals surface area contributed by atoms with Crippen LogP contribution in [0.5, 0.6) is 0 Å². The molecule has 0 radical (unpaired) electrons. The Kier molecular flexibility index (Phi) is 4.76. The zero-order valence-corrected chi connectivity index (χ0v) is 11.1. The SMILES string of the molecule is Cc1ccc(CN2CCCOCC2)cc1C(=O)N=O. The van der Waals surface area contributed by atoms with Crippen LogP contribution in [0.1, 0.15) is 27.9 Å². The second-order valence-electron chi connectivity index (χ2n) is 4.79. The fourth-order valence-electron chi connectivity index (χ4n) is 2.26. The second-order valence-corrected chi connectivity index (χ2v) is 4.79. The average Bonchev–Trinajstić information content (AvgIpc) is 2.68. The van der Waals surface area contributed by atoms with Crippen molar-refractivity contribution in [1.29, 1.82) is 0 Å². The summed E-state index contributed by atoms with van der Waals surface area (Å²) in [5, 5.41) is 2.50. The van der Waals surface area contributed by atoms with Gasteiger partial charge in [-0.25, -0.2) is 0 Å². The van der Waals surface area contributed by atoms with E-state index < -0.39 is 5.91 Å². The fraction of sp³-hybridized carbons (Fsp3) is 0.500. The predicted octanol–water partition coefficient (Wildman–Crippen LogP) is 2.12. The first-order valence-corrected chi connectivity index (χ1v) is 6.48. The van der Waals surface area contributed by atoms with Crippen LogP contribution in [0, 0.1) is 11.8 Å². The van der Waals surface area contributed by atoms with Crippen molar-refractivity contribution in [3.8, 4) is 0 Å². The van der Waals surface area contributed by atoms with E-state index in [9.17, 15) is 9.70 Å². The molecule has 5 nitrogen and oxygen atoms in total. The van der Waals surface area contributed by atoms with E-state index in [1.807, 2.05) is 19.1 Å². The lowest BCUT2D eigenvalue weighted by Crippen LogP contribution is -2.25. The smallest absolute Gasteiger partial charge is 0.317 e. The third kappa shape index (κ3) is 3.68. The Labute approximate surface area is 112 Å². The van der Waals surface area contributed by atoms with Gasteiger partial charge in [-0.05, 0) is 30.5 Å². The highest BCUT2D eigenvalue weighted by Gasteiger charge is 2.13. The normalized spacial score (nSPS) is 16.9. The number of aryl methyl sites for hydroxylation is 1. The summed E-state index contributed by atoms with van der Waals surface area (Å²) in [6.45, 7) is 6.01. The van der Waals surface area contributed by atoms with Crippen molar-refractivity contribution in [3.05, 3.63) is 39.8 Å². The summed E-state index contributed by atoms with van der Waals surface area (Å²) in [4.78, 5) is 24.1. The summed E-state index contributed by atoms with van der Waals surface area (Å²) >= 11 is 0. The zero-order valence-electron chi connectivity index (χ0n) is 11.1. The summed E-state index contributed by atoms with van der Waals surface area (Å²) in [5.74, 6) is -0.696. The number of ether oxygens (including phenoxy) is 1. The lowest BCUT2D eigenvalue weighted by atomic mass is 10.0. The van der Waals surface area contributed by atoms with Gasteiger partial charge in [-0.3, -0.25) is 9.69 Å². The van der Waals surface area contributed by atoms with E-state index in [0.717, 1.165) is 50.4 Å². The molecular weight excluding hydrogens is 244 g/mol. The number of hydrogen-bond donors (Lipinski definition) is 0. The molecule has 1 saturated heterocycles. The highest BCUT2D eigenvalue weighted by atomic mass is 16.5. The van der Waals surface area contributed by atoms with Gasteiger partial charge in [0.05, 0.1) is 6.61 Å². The van der Waals surface area contributed by atoms with Crippen molar-refractivity contribution in [1.82, 2.24) is 4.90 Å². The maximum absolute atomic E-state index is 11.4. The van der Waals surface area contributed by atoms with E-state index in [1.54, 1.807) is 6.07 Å². The Hall–Kier alpha value is -1.59. The maximum atomic E-state index is 11.4. The number of amides is 1. The highest BCUT2D eigenvalue weighted by molar-refractivity contribution is 5.96. The fourth-order valence-corrected chi connectivity index (χ4v) is 2.26. The number of carbonyl (C=O) groups is 1. The molecule has 1 fully saturated rings. The molecule has 5 heteroatoms. The monoisotopic (exact) mass is 262 g/mol. The Bertz CT molecular complexity index is 466. The topological polar surface area (TPSA) is 59.0 Å². The summed E-state index contributed by atoms with van der Waals surface area (Å²) in [5.41, 5.74) is 2.21. The van der Waals surface area contributed by atoms with Crippen LogP contribution in [0.15, 0.2) is 23.4 Å². The number of nitrogens with zero attached hydrogens (tertiary/aromatic N) is 2. The molecule has 1 aromatic rings. The molecule has 0 saturated carbocycles. The largest absolute Gasteiger partial charge is 0.380 e. The molecule has 1 heterocycles. The third-order valence-electron chi connectivity index (χ3n) is 3.34. The minimum Gasteiger partial charge on any atom is -0.380 e. The van der Waals surface area contributed by atoms with Crippen molar-refractivity contribution in [2.75, 3.05) is 26.3 Å². The summed E-state index contributed by atoms with van der Waals surface area (Å²) in [7, 11) is 0. The lowest BCUT2D eigenvalue weighted by Gasteiger charge is -2.19. The third-order valence-corrected chi connectivity index (χ3v) is 3.34. The zero-order chi connectivity index (χ0) is 13.7. The summed E-state index contributed by atoms with van der Waals surface area (Å²) < 4.78 is 5.41. The molecule has 0 aromatic heterocycles. The van der Waals surface area contributed by atoms with Gasteiger partial charge in [0.2, 0.25) is 0 Å². The Morgan fingerprint density at radius 3 is 3.00 bits per heavy atom. The van der Waals surface area contributed by atoms with Gasteiger partial charge < -0.3 is 4.74 Å². The van der Waals surface area contributed by atoms with Crippen molar-refractivity contribution >= 4 is 5.91 Å². The quantitative estimate of drug-likeness (QED) is 0.783. The van der Waals surface area contributed by atoms with Gasteiger partial charge in [0.1, 0.15) is 0 Å².